The van der Waals surface area contributed by atoms with Crippen molar-refractivity contribution in [3.63, 3.8) is 0 Å². The number of nitrogens with two attached hydrogens (primary N) is 1. The summed E-state index contributed by atoms with van der Waals surface area (Å²) in [5, 5.41) is 7.20. The maximum Gasteiger partial charge on any atom is 0.268 e. The van der Waals surface area contributed by atoms with Gasteiger partial charge in [0.15, 0.2) is 0 Å². The molecule has 7 nitrogen and oxygen atoms in total. The van der Waals surface area contributed by atoms with Crippen LogP contribution in [0.25, 0.3) is 10.9 Å². The molecule has 2 aliphatic rings. The summed E-state index contributed by atoms with van der Waals surface area (Å²) in [5.41, 5.74) is 10.8. The maximum atomic E-state index is 13.1. The van der Waals surface area contributed by atoms with Crippen LogP contribution in [0.2, 0.25) is 0 Å². The molecule has 5 rings (SSSR count). The Morgan fingerprint density at radius 3 is 2.53 bits per heavy atom. The zero-order valence-electron chi connectivity index (χ0n) is 18.4. The van der Waals surface area contributed by atoms with E-state index >= 15 is 0 Å². The average Bonchev–Trinajstić information content (AvgIpc) is 3.52. The minimum absolute atomic E-state index is 0.0372. The number of hydrogen-bond donors (Lipinski definition) is 4. The van der Waals surface area contributed by atoms with Gasteiger partial charge in [-0.15, -0.1) is 0 Å². The Kier molecular flexibility index (Phi) is 5.21. The number of aromatic amines is 1. The zero-order chi connectivity index (χ0) is 22.4. The number of nitrogens with zero attached hydrogens (tertiary/aromatic N) is 1. The van der Waals surface area contributed by atoms with Crippen LogP contribution in [0.3, 0.4) is 0 Å². The lowest BCUT2D eigenvalue weighted by Gasteiger charge is -2.34. The van der Waals surface area contributed by atoms with Gasteiger partial charge in [0.2, 0.25) is 0 Å². The fourth-order valence-corrected chi connectivity index (χ4v) is 4.48. The summed E-state index contributed by atoms with van der Waals surface area (Å²) in [7, 11) is 0. The van der Waals surface area contributed by atoms with E-state index in [0.29, 0.717) is 17.2 Å². The Labute approximate surface area is 187 Å². The number of amides is 2. The first-order valence-corrected chi connectivity index (χ1v) is 11.3. The normalized spacial score (nSPS) is 21.1. The molecule has 2 aliphatic carbocycles. The van der Waals surface area contributed by atoms with Gasteiger partial charge in [-0.3, -0.25) is 14.6 Å². The Morgan fingerprint density at radius 2 is 1.91 bits per heavy atom. The van der Waals surface area contributed by atoms with Crippen molar-refractivity contribution >= 4 is 22.7 Å². The van der Waals surface area contributed by atoms with Crippen molar-refractivity contribution in [3.8, 4) is 0 Å². The summed E-state index contributed by atoms with van der Waals surface area (Å²) >= 11 is 0. The number of hydrogen-bond acceptors (Lipinski definition) is 4. The van der Waals surface area contributed by atoms with Gasteiger partial charge in [-0.05, 0) is 68.7 Å². The van der Waals surface area contributed by atoms with E-state index in [1.807, 2.05) is 44.2 Å². The third kappa shape index (κ3) is 3.88. The van der Waals surface area contributed by atoms with E-state index in [0.717, 1.165) is 53.4 Å². The molecule has 2 aromatic heterocycles. The van der Waals surface area contributed by atoms with Crippen molar-refractivity contribution in [2.24, 2.45) is 11.7 Å². The third-order valence-electron chi connectivity index (χ3n) is 6.81. The minimum atomic E-state index is -0.174. The molecule has 0 radical (unpaired) electrons. The summed E-state index contributed by atoms with van der Waals surface area (Å²) in [6.45, 7) is 3.97. The highest BCUT2D eigenvalue weighted by Crippen LogP contribution is 2.41. The summed E-state index contributed by atoms with van der Waals surface area (Å²) in [6.07, 6.45) is 5.58. The standard InChI is InChI=1S/C25H29N5O2/c1-13-4-3-5-16-11-20(28-21(13)16)25(32)30-23(15-6-7-15)22-14(2)10-17(12-27-22)24(31)29-19-9-8-18(19)26/h3-5,10-12,15,18-19,23,28H,6-9,26H2,1-2H3,(H,29,31)(H,30,32)/t18-,19-,23?/m0/s1. The zero-order valence-corrected chi connectivity index (χ0v) is 18.4. The van der Waals surface area contributed by atoms with Crippen LogP contribution in [0.5, 0.6) is 0 Å². The van der Waals surface area contributed by atoms with Gasteiger partial charge >= 0.3 is 0 Å². The highest BCUT2D eigenvalue weighted by molar-refractivity contribution is 5.99. The molecular weight excluding hydrogens is 402 g/mol. The molecule has 32 heavy (non-hydrogen) atoms. The van der Waals surface area contributed by atoms with Crippen molar-refractivity contribution in [1.82, 2.24) is 20.6 Å². The smallest absolute Gasteiger partial charge is 0.268 e. The van der Waals surface area contributed by atoms with Crippen LogP contribution in [0.4, 0.5) is 0 Å². The van der Waals surface area contributed by atoms with Crippen LogP contribution >= 0.6 is 0 Å². The largest absolute Gasteiger partial charge is 0.350 e. The maximum absolute atomic E-state index is 13.1. The lowest BCUT2D eigenvalue weighted by molar-refractivity contribution is 0.0901. The van der Waals surface area contributed by atoms with Crippen molar-refractivity contribution in [2.45, 2.75) is 57.7 Å². The van der Waals surface area contributed by atoms with Gasteiger partial charge in [-0.2, -0.15) is 0 Å². The van der Waals surface area contributed by atoms with E-state index in [9.17, 15) is 9.59 Å². The number of benzene rings is 1. The monoisotopic (exact) mass is 431 g/mol. The molecule has 2 fully saturated rings. The fraction of sp³-hybridized carbons (Fsp3) is 0.400. The molecule has 7 heteroatoms. The van der Waals surface area contributed by atoms with Crippen molar-refractivity contribution in [3.05, 3.63) is 64.6 Å². The SMILES string of the molecule is Cc1cc(C(=O)N[C@H]2CC[C@@H]2N)cnc1C(NC(=O)c1cc2cccc(C)c2[nH]1)C1CC1. The van der Waals surface area contributed by atoms with Crippen LogP contribution in [0.15, 0.2) is 36.5 Å². The Morgan fingerprint density at radius 1 is 1.09 bits per heavy atom. The molecule has 3 aromatic rings. The predicted molar refractivity (Wildman–Crippen MR) is 123 cm³/mol. The third-order valence-corrected chi connectivity index (χ3v) is 6.81. The van der Waals surface area contributed by atoms with Gasteiger partial charge in [-0.25, -0.2) is 0 Å². The summed E-state index contributed by atoms with van der Waals surface area (Å²) in [6, 6.07) is 9.67. The van der Waals surface area contributed by atoms with Crippen LogP contribution in [-0.4, -0.2) is 33.9 Å². The van der Waals surface area contributed by atoms with Crippen molar-refractivity contribution in [2.75, 3.05) is 0 Å². The van der Waals surface area contributed by atoms with Gasteiger partial charge in [0.1, 0.15) is 5.69 Å². The first kappa shape index (κ1) is 20.7. The lowest BCUT2D eigenvalue weighted by Crippen LogP contribution is -2.54. The van der Waals surface area contributed by atoms with E-state index in [1.54, 1.807) is 6.20 Å². The number of pyridine rings is 1. The van der Waals surface area contributed by atoms with Gasteiger partial charge in [0.05, 0.1) is 17.3 Å². The Bertz CT molecular complexity index is 1200. The molecule has 166 valence electrons. The molecule has 1 unspecified atom stereocenters. The second-order valence-electron chi connectivity index (χ2n) is 9.26. The van der Waals surface area contributed by atoms with E-state index in [-0.39, 0.29) is 29.9 Å². The molecule has 3 atom stereocenters. The molecule has 2 heterocycles. The predicted octanol–water partition coefficient (Wildman–Crippen LogP) is 3.28. The van der Waals surface area contributed by atoms with Crippen LogP contribution in [0.1, 0.15) is 69.4 Å². The van der Waals surface area contributed by atoms with E-state index in [2.05, 4.69) is 20.6 Å². The van der Waals surface area contributed by atoms with Crippen LogP contribution < -0.4 is 16.4 Å². The number of nitrogens with one attached hydrogen (secondary N) is 3. The number of aromatic nitrogens is 2. The molecule has 5 N–H and O–H groups in total. The van der Waals surface area contributed by atoms with E-state index in [4.69, 9.17) is 5.73 Å². The number of para-hydroxylation sites is 1. The summed E-state index contributed by atoms with van der Waals surface area (Å²) in [5.74, 6) is 0.0798. The number of carbonyl (C=O) groups excluding carboxylic acids is 2. The molecule has 0 bridgehead atoms. The number of fused-ring (bicyclic) bond motifs is 1. The quantitative estimate of drug-likeness (QED) is 0.480. The number of aryl methyl sites for hydroxylation is 2. The van der Waals surface area contributed by atoms with Gasteiger partial charge in [0, 0.05) is 29.2 Å². The molecule has 0 spiro atoms. The Hall–Kier alpha value is -3.19. The highest BCUT2D eigenvalue weighted by Gasteiger charge is 2.36. The molecule has 2 amide bonds. The first-order valence-electron chi connectivity index (χ1n) is 11.3. The lowest BCUT2D eigenvalue weighted by atomic mass is 9.87. The molecular formula is C25H29N5O2. The molecule has 0 saturated heterocycles. The second kappa shape index (κ2) is 8.06. The molecule has 1 aromatic carbocycles. The topological polar surface area (TPSA) is 113 Å². The van der Waals surface area contributed by atoms with Crippen LogP contribution in [-0.2, 0) is 0 Å². The van der Waals surface area contributed by atoms with Gasteiger partial charge in [-0.1, -0.05) is 18.2 Å². The first-order chi connectivity index (χ1) is 15.4. The molecule has 2 saturated carbocycles. The van der Waals surface area contributed by atoms with Crippen molar-refractivity contribution in [1.29, 1.82) is 0 Å². The summed E-state index contributed by atoms with van der Waals surface area (Å²) < 4.78 is 0. The van der Waals surface area contributed by atoms with E-state index < -0.39 is 0 Å². The summed E-state index contributed by atoms with van der Waals surface area (Å²) in [4.78, 5) is 33.5. The number of H-pyrrole nitrogens is 1. The molecule has 0 aliphatic heterocycles. The highest BCUT2D eigenvalue weighted by atomic mass is 16.2. The Balaban J connectivity index is 1.35. The van der Waals surface area contributed by atoms with Gasteiger partial charge in [0.25, 0.3) is 11.8 Å². The second-order valence-corrected chi connectivity index (χ2v) is 9.26. The van der Waals surface area contributed by atoms with Crippen LogP contribution in [0, 0.1) is 19.8 Å². The average molecular weight is 432 g/mol. The number of carbonyl (C=O) groups is 2. The fourth-order valence-electron chi connectivity index (χ4n) is 4.48. The van der Waals surface area contributed by atoms with Gasteiger partial charge < -0.3 is 21.4 Å². The van der Waals surface area contributed by atoms with E-state index in [1.165, 1.54) is 0 Å². The number of rotatable bonds is 6. The van der Waals surface area contributed by atoms with Crippen molar-refractivity contribution < 1.29 is 9.59 Å². The minimum Gasteiger partial charge on any atom is -0.350 e.